The first-order valence-electron chi connectivity index (χ1n) is 6.47. The van der Waals surface area contributed by atoms with Gasteiger partial charge in [-0.15, -0.1) is 0 Å². The minimum absolute atomic E-state index is 0.0580. The summed E-state index contributed by atoms with van der Waals surface area (Å²) in [6.45, 7) is 7.84. The van der Waals surface area contributed by atoms with E-state index in [-0.39, 0.29) is 11.7 Å². The van der Waals surface area contributed by atoms with E-state index < -0.39 is 0 Å². The third-order valence-corrected chi connectivity index (χ3v) is 3.58. The average Bonchev–Trinajstić information content (AvgIpc) is 2.38. The molecule has 2 rings (SSSR count). The Morgan fingerprint density at radius 3 is 2.56 bits per heavy atom. The lowest BCUT2D eigenvalue weighted by Crippen LogP contribution is -3.17. The lowest BCUT2D eigenvalue weighted by molar-refractivity contribution is -0.925. The molecular weight excluding hydrogens is 231 g/mol. The van der Waals surface area contributed by atoms with Crippen LogP contribution < -0.4 is 4.90 Å². The second kappa shape index (κ2) is 5.48. The van der Waals surface area contributed by atoms with Gasteiger partial charge in [-0.25, -0.2) is 4.39 Å². The number of quaternary nitrogens is 1. The van der Waals surface area contributed by atoms with Gasteiger partial charge in [0.25, 0.3) is 5.91 Å². The van der Waals surface area contributed by atoms with E-state index in [1.54, 1.807) is 12.1 Å². The number of hydrogen-bond donors (Lipinski definition) is 1. The highest BCUT2D eigenvalue weighted by Crippen LogP contribution is 2.07. The van der Waals surface area contributed by atoms with Gasteiger partial charge in [-0.1, -0.05) is 6.07 Å². The van der Waals surface area contributed by atoms with Crippen LogP contribution in [-0.2, 0) is 0 Å². The topological polar surface area (TPSA) is 24.8 Å². The van der Waals surface area contributed by atoms with Crippen LogP contribution in [-0.4, -0.2) is 43.0 Å². The zero-order chi connectivity index (χ0) is 13.1. The van der Waals surface area contributed by atoms with Crippen molar-refractivity contribution in [3.63, 3.8) is 0 Å². The summed E-state index contributed by atoms with van der Waals surface area (Å²) in [5, 5.41) is 0. The van der Waals surface area contributed by atoms with Crippen molar-refractivity contribution in [3.8, 4) is 0 Å². The van der Waals surface area contributed by atoms with Gasteiger partial charge in [0.15, 0.2) is 0 Å². The molecule has 0 spiro atoms. The summed E-state index contributed by atoms with van der Waals surface area (Å²) in [5.41, 5.74) is 0.447. The van der Waals surface area contributed by atoms with Gasteiger partial charge in [0.1, 0.15) is 5.82 Å². The fourth-order valence-corrected chi connectivity index (χ4v) is 2.38. The number of nitrogens with zero attached hydrogens (tertiary/aromatic N) is 1. The van der Waals surface area contributed by atoms with Crippen molar-refractivity contribution < 1.29 is 14.1 Å². The molecule has 4 heteroatoms. The van der Waals surface area contributed by atoms with E-state index >= 15 is 0 Å². The maximum absolute atomic E-state index is 13.1. The number of halogens is 1. The molecule has 0 aliphatic carbocycles. The van der Waals surface area contributed by atoms with Crippen molar-refractivity contribution in [3.05, 3.63) is 35.6 Å². The molecule has 1 fully saturated rings. The highest BCUT2D eigenvalue weighted by Gasteiger charge is 2.25. The van der Waals surface area contributed by atoms with Crippen LogP contribution in [0.4, 0.5) is 4.39 Å². The Labute approximate surface area is 107 Å². The molecule has 1 aliphatic rings. The lowest BCUT2D eigenvalue weighted by atomic mass is 10.1. The Morgan fingerprint density at radius 1 is 1.33 bits per heavy atom. The minimum Gasteiger partial charge on any atom is -0.330 e. The molecule has 0 atom stereocenters. The first kappa shape index (κ1) is 13.0. The molecule has 1 heterocycles. The number of nitrogens with one attached hydrogen (secondary N) is 1. The summed E-state index contributed by atoms with van der Waals surface area (Å²) in [6.07, 6.45) is 0. The average molecular weight is 251 g/mol. The van der Waals surface area contributed by atoms with Crippen LogP contribution in [0, 0.1) is 5.82 Å². The molecule has 1 saturated heterocycles. The van der Waals surface area contributed by atoms with Gasteiger partial charge < -0.3 is 9.80 Å². The molecule has 1 aliphatic heterocycles. The van der Waals surface area contributed by atoms with Crippen molar-refractivity contribution in [1.29, 1.82) is 0 Å². The molecule has 98 valence electrons. The van der Waals surface area contributed by atoms with E-state index in [4.69, 9.17) is 0 Å². The SMILES string of the molecule is CC(C)[NH+]1CCN(C(=O)c2cccc(F)c2)CC1. The van der Waals surface area contributed by atoms with Crippen molar-refractivity contribution in [2.45, 2.75) is 19.9 Å². The van der Waals surface area contributed by atoms with Crippen LogP contribution in [0.1, 0.15) is 24.2 Å². The van der Waals surface area contributed by atoms with Gasteiger partial charge in [-0.2, -0.15) is 0 Å². The quantitative estimate of drug-likeness (QED) is 0.817. The number of rotatable bonds is 2. The van der Waals surface area contributed by atoms with Crippen LogP contribution in [0.3, 0.4) is 0 Å². The highest BCUT2D eigenvalue weighted by molar-refractivity contribution is 5.94. The molecule has 1 aromatic rings. The molecular formula is C14H20FN2O+. The summed E-state index contributed by atoms with van der Waals surface area (Å²) in [7, 11) is 0. The second-order valence-corrected chi connectivity index (χ2v) is 5.12. The Balaban J connectivity index is 1.99. The molecule has 0 saturated carbocycles. The molecule has 18 heavy (non-hydrogen) atoms. The second-order valence-electron chi connectivity index (χ2n) is 5.12. The smallest absolute Gasteiger partial charge is 0.254 e. The van der Waals surface area contributed by atoms with Crippen LogP contribution >= 0.6 is 0 Å². The molecule has 1 aromatic carbocycles. The summed E-state index contributed by atoms with van der Waals surface area (Å²) in [6, 6.07) is 6.52. The normalized spacial score (nSPS) is 17.2. The van der Waals surface area contributed by atoms with Gasteiger partial charge in [-0.3, -0.25) is 4.79 Å². The molecule has 1 amide bonds. The predicted molar refractivity (Wildman–Crippen MR) is 68.1 cm³/mol. The summed E-state index contributed by atoms with van der Waals surface area (Å²) in [5.74, 6) is -0.412. The van der Waals surface area contributed by atoms with Crippen molar-refractivity contribution in [2.24, 2.45) is 0 Å². The molecule has 3 nitrogen and oxygen atoms in total. The first-order valence-corrected chi connectivity index (χ1v) is 6.47. The fourth-order valence-electron chi connectivity index (χ4n) is 2.38. The molecule has 0 radical (unpaired) electrons. The number of benzene rings is 1. The van der Waals surface area contributed by atoms with Gasteiger partial charge in [0, 0.05) is 5.56 Å². The molecule has 0 unspecified atom stereocenters. The van der Waals surface area contributed by atoms with Crippen LogP contribution in [0.5, 0.6) is 0 Å². The third kappa shape index (κ3) is 2.88. The van der Waals surface area contributed by atoms with Crippen LogP contribution in [0.2, 0.25) is 0 Å². The zero-order valence-corrected chi connectivity index (χ0v) is 10.9. The number of piperazine rings is 1. The van der Waals surface area contributed by atoms with Gasteiger partial charge in [0.05, 0.1) is 32.2 Å². The Morgan fingerprint density at radius 2 is 2.00 bits per heavy atom. The third-order valence-electron chi connectivity index (χ3n) is 3.58. The van der Waals surface area contributed by atoms with E-state index in [2.05, 4.69) is 13.8 Å². The van der Waals surface area contributed by atoms with E-state index in [1.807, 2.05) is 4.90 Å². The standard InChI is InChI=1S/C14H19FN2O/c1-11(2)16-6-8-17(9-7-16)14(18)12-4-3-5-13(15)10-12/h3-5,10-11H,6-9H2,1-2H3/p+1. The number of carbonyl (C=O) groups excluding carboxylic acids is 1. The number of hydrogen-bond acceptors (Lipinski definition) is 1. The minimum atomic E-state index is -0.354. The fraction of sp³-hybridized carbons (Fsp3) is 0.500. The zero-order valence-electron chi connectivity index (χ0n) is 10.9. The van der Waals surface area contributed by atoms with Crippen molar-refractivity contribution in [1.82, 2.24) is 4.90 Å². The lowest BCUT2D eigenvalue weighted by Gasteiger charge is -2.34. The van der Waals surface area contributed by atoms with Crippen LogP contribution in [0.15, 0.2) is 24.3 Å². The largest absolute Gasteiger partial charge is 0.330 e. The van der Waals surface area contributed by atoms with Crippen molar-refractivity contribution in [2.75, 3.05) is 26.2 Å². The van der Waals surface area contributed by atoms with Gasteiger partial charge >= 0.3 is 0 Å². The Bertz CT molecular complexity index is 426. The molecule has 0 bridgehead atoms. The molecule has 1 N–H and O–H groups in total. The molecule has 0 aromatic heterocycles. The maximum atomic E-state index is 13.1. The van der Waals surface area contributed by atoms with E-state index in [0.717, 1.165) is 26.2 Å². The van der Waals surface area contributed by atoms with E-state index in [1.165, 1.54) is 17.0 Å². The maximum Gasteiger partial charge on any atom is 0.254 e. The van der Waals surface area contributed by atoms with Gasteiger partial charge in [-0.05, 0) is 32.0 Å². The number of amides is 1. The number of carbonyl (C=O) groups is 1. The summed E-state index contributed by atoms with van der Waals surface area (Å²) < 4.78 is 13.1. The van der Waals surface area contributed by atoms with Crippen molar-refractivity contribution >= 4 is 5.91 Å². The van der Waals surface area contributed by atoms with Crippen LogP contribution in [0.25, 0.3) is 0 Å². The van der Waals surface area contributed by atoms with E-state index in [9.17, 15) is 9.18 Å². The summed E-state index contributed by atoms with van der Waals surface area (Å²) in [4.78, 5) is 15.5. The van der Waals surface area contributed by atoms with E-state index in [0.29, 0.717) is 11.6 Å². The highest BCUT2D eigenvalue weighted by atomic mass is 19.1. The predicted octanol–water partition coefficient (Wildman–Crippen LogP) is 0.575. The Kier molecular flexibility index (Phi) is 3.97. The monoisotopic (exact) mass is 251 g/mol. The Hall–Kier alpha value is -1.42. The first-order chi connectivity index (χ1) is 8.58. The summed E-state index contributed by atoms with van der Waals surface area (Å²) >= 11 is 0. The van der Waals surface area contributed by atoms with Gasteiger partial charge in [0.2, 0.25) is 0 Å².